The van der Waals surface area contributed by atoms with E-state index in [2.05, 4.69) is 11.9 Å². The van der Waals surface area contributed by atoms with Crippen LogP contribution >= 0.6 is 0 Å². The molecule has 3 heteroatoms. The summed E-state index contributed by atoms with van der Waals surface area (Å²) < 4.78 is 5.66. The highest BCUT2D eigenvalue weighted by atomic mass is 16.5. The Kier molecular flexibility index (Phi) is 3.40. The van der Waals surface area contributed by atoms with E-state index in [1.807, 2.05) is 6.07 Å². The van der Waals surface area contributed by atoms with E-state index in [-0.39, 0.29) is 0 Å². The topological polar surface area (TPSA) is 45.9 Å². The number of hydrogen-bond acceptors (Lipinski definition) is 3. The maximum absolute atomic E-state index is 8.86. The molecule has 1 aliphatic rings. The van der Waals surface area contributed by atoms with Crippen LogP contribution in [0.15, 0.2) is 18.3 Å². The molecule has 0 amide bonds. The molecular formula is C13H16N2O. The van der Waals surface area contributed by atoms with Gasteiger partial charge in [-0.15, -0.1) is 0 Å². The highest BCUT2D eigenvalue weighted by molar-refractivity contribution is 5.36. The van der Waals surface area contributed by atoms with E-state index < -0.39 is 0 Å². The van der Waals surface area contributed by atoms with Crippen LogP contribution in [0.4, 0.5) is 0 Å². The molecule has 1 saturated carbocycles. The largest absolute Gasteiger partial charge is 0.490 e. The number of nitriles is 1. The van der Waals surface area contributed by atoms with Crippen LogP contribution in [0.5, 0.6) is 5.75 Å². The first-order chi connectivity index (χ1) is 7.81. The Balaban J connectivity index is 1.91. The lowest BCUT2D eigenvalue weighted by Gasteiger charge is -2.31. The molecule has 0 radical (unpaired) electrons. The molecule has 1 atom stereocenters. The summed E-state index contributed by atoms with van der Waals surface area (Å²) in [6, 6.07) is 5.64. The van der Waals surface area contributed by atoms with E-state index in [9.17, 15) is 0 Å². The van der Waals surface area contributed by atoms with E-state index in [4.69, 9.17) is 10.00 Å². The molecule has 3 nitrogen and oxygen atoms in total. The lowest BCUT2D eigenvalue weighted by Crippen LogP contribution is -2.24. The Bertz CT molecular complexity index is 393. The molecular weight excluding hydrogens is 200 g/mol. The first-order valence-electron chi connectivity index (χ1n) is 5.79. The molecule has 1 heterocycles. The maximum atomic E-state index is 8.86. The predicted molar refractivity (Wildman–Crippen MR) is 61.0 cm³/mol. The molecule has 84 valence electrons. The monoisotopic (exact) mass is 216 g/mol. The van der Waals surface area contributed by atoms with Crippen LogP contribution in [-0.4, -0.2) is 11.6 Å². The van der Waals surface area contributed by atoms with E-state index in [1.165, 1.54) is 19.3 Å². The third kappa shape index (κ3) is 2.33. The molecule has 2 rings (SSSR count). The number of nitrogens with zero attached hydrogens (tertiary/aromatic N) is 2. The van der Waals surface area contributed by atoms with Crippen LogP contribution in [0.1, 0.15) is 31.9 Å². The van der Waals surface area contributed by atoms with Gasteiger partial charge in [0.1, 0.15) is 6.07 Å². The molecule has 1 fully saturated rings. The van der Waals surface area contributed by atoms with Crippen LogP contribution in [0.2, 0.25) is 0 Å². The molecule has 1 aliphatic carbocycles. The molecule has 0 bridgehead atoms. The van der Waals surface area contributed by atoms with Gasteiger partial charge in [-0.3, -0.25) is 0 Å². The lowest BCUT2D eigenvalue weighted by atomic mass is 9.77. The summed E-state index contributed by atoms with van der Waals surface area (Å²) in [4.78, 5) is 3.97. The predicted octanol–water partition coefficient (Wildman–Crippen LogP) is 2.77. The molecule has 0 aromatic carbocycles. The number of pyridine rings is 1. The molecule has 1 aromatic rings. The molecule has 0 spiro atoms. The molecule has 0 saturated heterocycles. The third-order valence-corrected chi connectivity index (χ3v) is 3.33. The summed E-state index contributed by atoms with van der Waals surface area (Å²) in [6.45, 7) is 2.90. The number of ether oxygens (including phenoxy) is 1. The van der Waals surface area contributed by atoms with Gasteiger partial charge in [-0.25, -0.2) is 4.98 Å². The van der Waals surface area contributed by atoms with Crippen LogP contribution in [0, 0.1) is 23.2 Å². The van der Waals surface area contributed by atoms with Crippen molar-refractivity contribution in [2.75, 3.05) is 6.61 Å². The van der Waals surface area contributed by atoms with E-state index >= 15 is 0 Å². The lowest BCUT2D eigenvalue weighted by molar-refractivity contribution is 0.149. The van der Waals surface area contributed by atoms with E-state index in [1.54, 1.807) is 18.3 Å². The van der Waals surface area contributed by atoms with Crippen molar-refractivity contribution in [2.24, 2.45) is 11.8 Å². The minimum atomic E-state index is 0.378. The van der Waals surface area contributed by atoms with Crippen molar-refractivity contribution in [3.63, 3.8) is 0 Å². The quantitative estimate of drug-likeness (QED) is 0.777. The van der Waals surface area contributed by atoms with Crippen LogP contribution in [-0.2, 0) is 0 Å². The zero-order chi connectivity index (χ0) is 11.4. The van der Waals surface area contributed by atoms with Gasteiger partial charge in [0.15, 0.2) is 11.4 Å². The van der Waals surface area contributed by atoms with Crippen LogP contribution in [0.3, 0.4) is 0 Å². The maximum Gasteiger partial charge on any atom is 0.182 e. The average molecular weight is 216 g/mol. The highest BCUT2D eigenvalue weighted by Crippen LogP contribution is 2.33. The molecule has 0 aliphatic heterocycles. The SMILES string of the molecule is CC(COc1cccnc1C#N)C1CCC1. The summed E-state index contributed by atoms with van der Waals surface area (Å²) in [7, 11) is 0. The number of rotatable bonds is 4. The summed E-state index contributed by atoms with van der Waals surface area (Å²) in [6.07, 6.45) is 5.61. The fraction of sp³-hybridized carbons (Fsp3) is 0.538. The normalized spacial score (nSPS) is 17.2. The van der Waals surface area contributed by atoms with Crippen molar-refractivity contribution in [3.8, 4) is 11.8 Å². The van der Waals surface area contributed by atoms with Gasteiger partial charge in [0.05, 0.1) is 6.61 Å². The molecule has 1 unspecified atom stereocenters. The second kappa shape index (κ2) is 4.98. The van der Waals surface area contributed by atoms with Gasteiger partial charge in [0, 0.05) is 6.20 Å². The van der Waals surface area contributed by atoms with Crippen LogP contribution < -0.4 is 4.74 Å². The summed E-state index contributed by atoms with van der Waals surface area (Å²) >= 11 is 0. The average Bonchev–Trinajstić information content (AvgIpc) is 2.24. The summed E-state index contributed by atoms with van der Waals surface area (Å²) in [5.41, 5.74) is 0.378. The van der Waals surface area contributed by atoms with Crippen molar-refractivity contribution in [1.82, 2.24) is 4.98 Å². The van der Waals surface area contributed by atoms with Gasteiger partial charge in [0.2, 0.25) is 0 Å². The second-order valence-electron chi connectivity index (χ2n) is 4.44. The molecule has 16 heavy (non-hydrogen) atoms. The second-order valence-corrected chi connectivity index (χ2v) is 4.44. The molecule has 1 aromatic heterocycles. The first-order valence-corrected chi connectivity index (χ1v) is 5.79. The Hall–Kier alpha value is -1.56. The van der Waals surface area contributed by atoms with Crippen molar-refractivity contribution in [1.29, 1.82) is 5.26 Å². The van der Waals surface area contributed by atoms with E-state index in [0.29, 0.717) is 24.0 Å². The van der Waals surface area contributed by atoms with Gasteiger partial charge in [-0.2, -0.15) is 5.26 Å². The minimum absolute atomic E-state index is 0.378. The Labute approximate surface area is 96.1 Å². The van der Waals surface area contributed by atoms with Gasteiger partial charge in [0.25, 0.3) is 0 Å². The summed E-state index contributed by atoms with van der Waals surface area (Å²) in [5.74, 6) is 1.99. The minimum Gasteiger partial charge on any atom is -0.490 e. The molecule has 0 N–H and O–H groups in total. The Morgan fingerprint density at radius 3 is 3.06 bits per heavy atom. The van der Waals surface area contributed by atoms with Gasteiger partial charge in [-0.05, 0) is 24.0 Å². The zero-order valence-electron chi connectivity index (χ0n) is 9.52. The fourth-order valence-corrected chi connectivity index (χ4v) is 1.96. The number of aromatic nitrogens is 1. The van der Waals surface area contributed by atoms with Crippen molar-refractivity contribution >= 4 is 0 Å². The van der Waals surface area contributed by atoms with Crippen molar-refractivity contribution in [3.05, 3.63) is 24.0 Å². The van der Waals surface area contributed by atoms with Crippen molar-refractivity contribution in [2.45, 2.75) is 26.2 Å². The first kappa shape index (κ1) is 10.9. The van der Waals surface area contributed by atoms with Crippen LogP contribution in [0.25, 0.3) is 0 Å². The van der Waals surface area contributed by atoms with E-state index in [0.717, 1.165) is 5.92 Å². The standard InChI is InChI=1S/C13H16N2O/c1-10(11-4-2-5-11)9-16-13-6-3-7-15-12(13)8-14/h3,6-7,10-11H,2,4-5,9H2,1H3. The number of hydrogen-bond donors (Lipinski definition) is 0. The van der Waals surface area contributed by atoms with Gasteiger partial charge >= 0.3 is 0 Å². The van der Waals surface area contributed by atoms with Gasteiger partial charge in [-0.1, -0.05) is 26.2 Å². The fourth-order valence-electron chi connectivity index (χ4n) is 1.96. The van der Waals surface area contributed by atoms with Gasteiger partial charge < -0.3 is 4.74 Å². The third-order valence-electron chi connectivity index (χ3n) is 3.33. The smallest absolute Gasteiger partial charge is 0.182 e. The Morgan fingerprint density at radius 1 is 1.62 bits per heavy atom. The zero-order valence-corrected chi connectivity index (χ0v) is 9.52. The summed E-state index contributed by atoms with van der Waals surface area (Å²) in [5, 5.41) is 8.86. The highest BCUT2D eigenvalue weighted by Gasteiger charge is 2.24. The van der Waals surface area contributed by atoms with Crippen molar-refractivity contribution < 1.29 is 4.74 Å². The Morgan fingerprint density at radius 2 is 2.44 bits per heavy atom.